The Balaban J connectivity index is 2.22. The normalized spacial score (nSPS) is 41.8. The molecule has 3 nitrogen and oxygen atoms in total. The second-order valence-electron chi connectivity index (χ2n) is 8.74. The van der Waals surface area contributed by atoms with Crippen LogP contribution in [0.1, 0.15) is 73.1 Å². The first-order valence-corrected chi connectivity index (χ1v) is 9.18. The molecule has 132 valence electrons. The van der Waals surface area contributed by atoms with E-state index in [1.54, 1.807) is 0 Å². The van der Waals surface area contributed by atoms with E-state index in [1.165, 1.54) is 12.0 Å². The van der Waals surface area contributed by atoms with E-state index >= 15 is 0 Å². The third-order valence-corrected chi connectivity index (χ3v) is 7.32. The third-order valence-electron chi connectivity index (χ3n) is 7.32. The predicted octanol–water partition coefficient (Wildman–Crippen LogP) is 4.65. The Morgan fingerprint density at radius 3 is 2.70 bits per heavy atom. The van der Waals surface area contributed by atoms with E-state index in [0.29, 0.717) is 5.92 Å². The molecule has 2 aliphatic carbocycles. The van der Waals surface area contributed by atoms with Crippen LogP contribution < -0.4 is 0 Å². The van der Waals surface area contributed by atoms with Crippen LogP contribution in [0.2, 0.25) is 0 Å². The van der Waals surface area contributed by atoms with E-state index in [2.05, 4.69) is 33.8 Å². The molecule has 1 fully saturated rings. The average molecular weight is 322 g/mol. The Labute approximate surface area is 141 Å². The number of hydrogen-bond donors (Lipinski definition) is 2. The van der Waals surface area contributed by atoms with Gasteiger partial charge in [-0.25, -0.2) is 0 Å². The molecule has 2 aliphatic rings. The SMILES string of the molecule is CC1=CCC[C@@H]2[C@@](C)(CC[C@H](C)CC(=O)O)[C@H](C)[C@H](O)C[C@@]12C. The highest BCUT2D eigenvalue weighted by Gasteiger charge is 2.55. The molecule has 0 heterocycles. The average Bonchev–Trinajstić information content (AvgIpc) is 2.45. The Hall–Kier alpha value is -0.830. The van der Waals surface area contributed by atoms with E-state index < -0.39 is 5.97 Å². The van der Waals surface area contributed by atoms with Crippen molar-refractivity contribution in [1.82, 2.24) is 0 Å². The summed E-state index contributed by atoms with van der Waals surface area (Å²) < 4.78 is 0. The lowest BCUT2D eigenvalue weighted by molar-refractivity contribution is -0.138. The van der Waals surface area contributed by atoms with Crippen LogP contribution in [0.15, 0.2) is 11.6 Å². The molecule has 0 aliphatic heterocycles. The number of aliphatic carboxylic acids is 1. The zero-order valence-electron chi connectivity index (χ0n) is 15.4. The summed E-state index contributed by atoms with van der Waals surface area (Å²) in [5.41, 5.74) is 1.61. The molecule has 0 unspecified atom stereocenters. The van der Waals surface area contributed by atoms with Crippen molar-refractivity contribution in [2.75, 3.05) is 0 Å². The highest BCUT2D eigenvalue weighted by atomic mass is 16.4. The van der Waals surface area contributed by atoms with Gasteiger partial charge >= 0.3 is 5.97 Å². The largest absolute Gasteiger partial charge is 0.481 e. The van der Waals surface area contributed by atoms with Crippen LogP contribution in [0.5, 0.6) is 0 Å². The third kappa shape index (κ3) is 3.35. The van der Waals surface area contributed by atoms with Crippen molar-refractivity contribution in [2.45, 2.75) is 79.2 Å². The van der Waals surface area contributed by atoms with Gasteiger partial charge in [-0.2, -0.15) is 0 Å². The first-order chi connectivity index (χ1) is 10.6. The molecule has 2 N–H and O–H groups in total. The minimum atomic E-state index is -0.708. The van der Waals surface area contributed by atoms with Crippen LogP contribution in [0.25, 0.3) is 0 Å². The molecule has 0 amide bonds. The Bertz CT molecular complexity index is 483. The summed E-state index contributed by atoms with van der Waals surface area (Å²) in [4.78, 5) is 10.9. The second kappa shape index (κ2) is 6.58. The zero-order chi connectivity index (χ0) is 17.4. The van der Waals surface area contributed by atoms with Gasteiger partial charge < -0.3 is 10.2 Å². The van der Waals surface area contributed by atoms with Crippen LogP contribution in [0.4, 0.5) is 0 Å². The molecule has 1 saturated carbocycles. The maximum absolute atomic E-state index is 10.9. The number of fused-ring (bicyclic) bond motifs is 1. The molecule has 0 spiro atoms. The minimum Gasteiger partial charge on any atom is -0.481 e. The quantitative estimate of drug-likeness (QED) is 0.725. The number of hydrogen-bond acceptors (Lipinski definition) is 2. The monoisotopic (exact) mass is 322 g/mol. The molecule has 6 atom stereocenters. The summed E-state index contributed by atoms with van der Waals surface area (Å²) in [6.07, 6.45) is 7.45. The topological polar surface area (TPSA) is 57.5 Å². The zero-order valence-corrected chi connectivity index (χ0v) is 15.4. The molecule has 0 saturated heterocycles. The van der Waals surface area contributed by atoms with Gasteiger partial charge in [0.05, 0.1) is 6.10 Å². The van der Waals surface area contributed by atoms with Crippen molar-refractivity contribution in [2.24, 2.45) is 28.6 Å². The fourth-order valence-electron chi connectivity index (χ4n) is 5.38. The maximum atomic E-state index is 10.9. The molecular formula is C20H34O3. The van der Waals surface area contributed by atoms with Crippen molar-refractivity contribution in [3.63, 3.8) is 0 Å². The maximum Gasteiger partial charge on any atom is 0.303 e. The van der Waals surface area contributed by atoms with E-state index in [1.807, 2.05) is 6.92 Å². The number of carboxylic acid groups (broad SMARTS) is 1. The van der Waals surface area contributed by atoms with Gasteiger partial charge in [0, 0.05) is 6.42 Å². The van der Waals surface area contributed by atoms with Crippen molar-refractivity contribution >= 4 is 5.97 Å². The van der Waals surface area contributed by atoms with Crippen LogP contribution in [-0.4, -0.2) is 22.3 Å². The number of carbonyl (C=O) groups is 1. The fraction of sp³-hybridized carbons (Fsp3) is 0.850. The van der Waals surface area contributed by atoms with Gasteiger partial charge in [0.2, 0.25) is 0 Å². The van der Waals surface area contributed by atoms with Gasteiger partial charge in [0.1, 0.15) is 0 Å². The summed E-state index contributed by atoms with van der Waals surface area (Å²) in [7, 11) is 0. The standard InChI is InChI=1S/C20H34O3/c1-13(11-18(22)23)9-10-19(4)15(3)16(21)12-20(5)14(2)7-6-8-17(19)20/h7,13,15-17,21H,6,8-12H2,1-5H3,(H,22,23)/t13-,15+,16+,17+,19-,20-/m0/s1. The molecule has 0 aromatic rings. The first kappa shape index (κ1) is 18.5. The van der Waals surface area contributed by atoms with Crippen molar-refractivity contribution in [1.29, 1.82) is 0 Å². The van der Waals surface area contributed by atoms with E-state index in [-0.39, 0.29) is 35.2 Å². The Morgan fingerprint density at radius 2 is 2.09 bits per heavy atom. The smallest absolute Gasteiger partial charge is 0.303 e. The van der Waals surface area contributed by atoms with Crippen LogP contribution in [0.3, 0.4) is 0 Å². The molecule has 0 aromatic heterocycles. The lowest BCUT2D eigenvalue weighted by Gasteiger charge is -2.59. The number of allylic oxidation sites excluding steroid dienone is 2. The van der Waals surface area contributed by atoms with E-state index in [0.717, 1.165) is 25.7 Å². The lowest BCUT2D eigenvalue weighted by atomic mass is 9.46. The molecule has 0 bridgehead atoms. The summed E-state index contributed by atoms with van der Waals surface area (Å²) in [5.74, 6) is 0.335. The van der Waals surface area contributed by atoms with Gasteiger partial charge in [0.25, 0.3) is 0 Å². The number of rotatable bonds is 5. The van der Waals surface area contributed by atoms with Crippen LogP contribution in [-0.2, 0) is 4.79 Å². The first-order valence-electron chi connectivity index (χ1n) is 9.18. The summed E-state index contributed by atoms with van der Waals surface area (Å²) in [6, 6.07) is 0. The number of carboxylic acids is 1. The highest BCUT2D eigenvalue weighted by Crippen LogP contribution is 2.61. The van der Waals surface area contributed by atoms with Crippen molar-refractivity contribution in [3.05, 3.63) is 11.6 Å². The molecule has 0 radical (unpaired) electrons. The summed E-state index contributed by atoms with van der Waals surface area (Å²) >= 11 is 0. The van der Waals surface area contributed by atoms with Crippen LogP contribution in [0, 0.1) is 28.6 Å². The highest BCUT2D eigenvalue weighted by molar-refractivity contribution is 5.66. The lowest BCUT2D eigenvalue weighted by Crippen LogP contribution is -2.55. The molecule has 3 heteroatoms. The number of aliphatic hydroxyl groups is 1. The van der Waals surface area contributed by atoms with Gasteiger partial charge in [-0.1, -0.05) is 39.3 Å². The Morgan fingerprint density at radius 1 is 1.43 bits per heavy atom. The molecular weight excluding hydrogens is 288 g/mol. The Kier molecular flexibility index (Phi) is 5.30. The van der Waals surface area contributed by atoms with E-state index in [9.17, 15) is 9.90 Å². The van der Waals surface area contributed by atoms with Crippen molar-refractivity contribution < 1.29 is 15.0 Å². The van der Waals surface area contributed by atoms with E-state index in [4.69, 9.17) is 5.11 Å². The summed E-state index contributed by atoms with van der Waals surface area (Å²) in [5, 5.41) is 19.7. The molecule has 2 rings (SSSR count). The van der Waals surface area contributed by atoms with Gasteiger partial charge in [0.15, 0.2) is 0 Å². The number of aliphatic hydroxyl groups excluding tert-OH is 1. The minimum absolute atomic E-state index is 0.0781. The van der Waals surface area contributed by atoms with Gasteiger partial charge in [-0.05, 0) is 67.6 Å². The predicted molar refractivity (Wildman–Crippen MR) is 93.1 cm³/mol. The van der Waals surface area contributed by atoms with Crippen LogP contribution >= 0.6 is 0 Å². The molecule has 23 heavy (non-hydrogen) atoms. The second-order valence-corrected chi connectivity index (χ2v) is 8.74. The van der Waals surface area contributed by atoms with Gasteiger partial charge in [-0.15, -0.1) is 0 Å². The molecule has 0 aromatic carbocycles. The summed E-state index contributed by atoms with van der Waals surface area (Å²) in [6.45, 7) is 11.1. The van der Waals surface area contributed by atoms with Crippen molar-refractivity contribution in [3.8, 4) is 0 Å². The fourth-order valence-corrected chi connectivity index (χ4v) is 5.38. The van der Waals surface area contributed by atoms with Gasteiger partial charge in [-0.3, -0.25) is 4.79 Å².